The van der Waals surface area contributed by atoms with E-state index in [1.54, 1.807) is 0 Å². The Morgan fingerprint density at radius 1 is 0.857 bits per heavy atom. The highest BCUT2D eigenvalue weighted by molar-refractivity contribution is 7.98. The van der Waals surface area contributed by atoms with Gasteiger partial charge in [0.1, 0.15) is 18.4 Å². The first kappa shape index (κ1) is 36.0. The molecule has 10 heteroatoms. The molecule has 49 heavy (non-hydrogen) atoms. The van der Waals surface area contributed by atoms with Crippen LogP contribution in [0.15, 0.2) is 72.8 Å². The lowest BCUT2D eigenvalue weighted by Gasteiger charge is -2.30. The van der Waals surface area contributed by atoms with Crippen molar-refractivity contribution < 1.29 is 33.5 Å². The fourth-order valence-corrected chi connectivity index (χ4v) is 6.84. The van der Waals surface area contributed by atoms with Crippen LogP contribution in [-0.4, -0.2) is 65.1 Å². The number of hydroxylamine groups is 2. The Morgan fingerprint density at radius 3 is 2.10 bits per heavy atom. The van der Waals surface area contributed by atoms with Crippen LogP contribution in [0.1, 0.15) is 87.3 Å². The van der Waals surface area contributed by atoms with Gasteiger partial charge in [0.05, 0.1) is 6.61 Å². The number of hydrogen-bond donors (Lipinski definition) is 0. The van der Waals surface area contributed by atoms with E-state index in [1.165, 1.54) is 42.3 Å². The molecule has 5 rings (SSSR count). The summed E-state index contributed by atoms with van der Waals surface area (Å²) in [7, 11) is 0. The van der Waals surface area contributed by atoms with Gasteiger partial charge in [-0.05, 0) is 64.8 Å². The topological polar surface area (TPSA) is 102 Å². The van der Waals surface area contributed by atoms with Crippen molar-refractivity contribution in [3.05, 3.63) is 89.5 Å². The molecule has 2 aliphatic rings. The second kappa shape index (κ2) is 17.9. The normalized spacial score (nSPS) is 14.4. The number of benzene rings is 3. The van der Waals surface area contributed by atoms with Gasteiger partial charge in [0, 0.05) is 25.3 Å². The Bertz CT molecular complexity index is 1530. The molecule has 9 nitrogen and oxygen atoms in total. The largest absolute Gasteiger partial charge is 0.494 e. The monoisotopic (exact) mass is 686 g/mol. The highest BCUT2D eigenvalue weighted by Gasteiger charge is 2.39. The number of hydrogen-bond acceptors (Lipinski definition) is 8. The molecule has 260 valence electrons. The van der Waals surface area contributed by atoms with Gasteiger partial charge in [-0.15, -0.1) is 5.06 Å². The number of imide groups is 1. The van der Waals surface area contributed by atoms with E-state index in [4.69, 9.17) is 14.3 Å². The number of nitrogens with zero attached hydrogens (tertiary/aromatic N) is 2. The summed E-state index contributed by atoms with van der Waals surface area (Å²) >= 11 is 1.51. The summed E-state index contributed by atoms with van der Waals surface area (Å²) in [6.07, 6.45) is 8.47. The van der Waals surface area contributed by atoms with Crippen LogP contribution in [-0.2, 0) is 30.5 Å². The number of carbonyl (C=O) groups excluding carboxylic acids is 4. The lowest BCUT2D eigenvalue weighted by Crippen LogP contribution is -2.48. The molecule has 1 aliphatic heterocycles. The molecule has 0 unspecified atom stereocenters. The third kappa shape index (κ3) is 9.23. The van der Waals surface area contributed by atoms with E-state index in [0.29, 0.717) is 17.4 Å². The molecule has 1 fully saturated rings. The molecular weight excluding hydrogens is 641 g/mol. The number of fused-ring (bicyclic) bond motifs is 3. The predicted molar refractivity (Wildman–Crippen MR) is 190 cm³/mol. The highest BCUT2D eigenvalue weighted by Crippen LogP contribution is 2.44. The van der Waals surface area contributed by atoms with Gasteiger partial charge in [-0.1, -0.05) is 99.7 Å². The number of amides is 3. The van der Waals surface area contributed by atoms with Gasteiger partial charge >= 0.3 is 12.1 Å². The fourth-order valence-electron chi connectivity index (χ4n) is 6.38. The zero-order chi connectivity index (χ0) is 34.6. The zero-order valence-electron chi connectivity index (χ0n) is 28.4. The second-order valence-electron chi connectivity index (χ2n) is 12.5. The van der Waals surface area contributed by atoms with Crippen molar-refractivity contribution in [2.45, 2.75) is 83.2 Å². The summed E-state index contributed by atoms with van der Waals surface area (Å²) in [5.74, 6) is -0.922. The van der Waals surface area contributed by atoms with E-state index in [1.807, 2.05) is 66.9 Å². The van der Waals surface area contributed by atoms with Gasteiger partial charge in [0.25, 0.3) is 11.8 Å². The molecule has 1 atom stereocenters. The molecule has 0 spiro atoms. The molecule has 3 aromatic rings. The summed E-state index contributed by atoms with van der Waals surface area (Å²) in [5.41, 5.74) is 5.12. The van der Waals surface area contributed by atoms with Crippen molar-refractivity contribution >= 4 is 35.6 Å². The second-order valence-corrected chi connectivity index (χ2v) is 13.5. The van der Waals surface area contributed by atoms with Crippen molar-refractivity contribution in [3.8, 4) is 16.9 Å². The van der Waals surface area contributed by atoms with Crippen LogP contribution in [0, 0.1) is 0 Å². The minimum atomic E-state index is -1.10. The number of rotatable bonds is 18. The van der Waals surface area contributed by atoms with E-state index in [2.05, 4.69) is 19.1 Å². The Balaban J connectivity index is 1.32. The Hall–Kier alpha value is -4.31. The van der Waals surface area contributed by atoms with Crippen molar-refractivity contribution in [2.75, 3.05) is 25.2 Å². The number of unbranched alkanes of at least 4 members (excludes halogenated alkanes) is 5. The Labute approximate surface area is 293 Å². The molecular formula is C39H46N2O7S. The maximum Gasteiger partial charge on any atom is 0.410 e. The smallest absolute Gasteiger partial charge is 0.410 e. The quantitative estimate of drug-likeness (QED) is 0.0983. The Kier molecular flexibility index (Phi) is 13.1. The van der Waals surface area contributed by atoms with Gasteiger partial charge in [-0.25, -0.2) is 9.59 Å². The van der Waals surface area contributed by atoms with Crippen molar-refractivity contribution in [2.24, 2.45) is 0 Å². The van der Waals surface area contributed by atoms with Gasteiger partial charge in [-0.3, -0.25) is 14.5 Å². The summed E-state index contributed by atoms with van der Waals surface area (Å²) in [5, 5.41) is 0.528. The average Bonchev–Trinajstić information content (AvgIpc) is 3.62. The third-order valence-corrected chi connectivity index (χ3v) is 9.69. The minimum Gasteiger partial charge on any atom is -0.494 e. The maximum absolute atomic E-state index is 14.1. The highest BCUT2D eigenvalue weighted by atomic mass is 32.2. The fraction of sp³-hybridized carbons (Fsp3) is 0.436. The van der Waals surface area contributed by atoms with Crippen LogP contribution in [0.3, 0.4) is 0 Å². The van der Waals surface area contributed by atoms with Crippen LogP contribution < -0.4 is 4.74 Å². The predicted octanol–water partition coefficient (Wildman–Crippen LogP) is 7.91. The van der Waals surface area contributed by atoms with E-state index >= 15 is 0 Å². The number of thioether (sulfide) groups is 1. The molecule has 0 saturated carbocycles. The molecule has 1 saturated heterocycles. The van der Waals surface area contributed by atoms with Crippen LogP contribution >= 0.6 is 11.8 Å². The van der Waals surface area contributed by atoms with Crippen LogP contribution in [0.2, 0.25) is 0 Å². The lowest BCUT2D eigenvalue weighted by molar-refractivity contribution is -0.201. The Morgan fingerprint density at radius 2 is 1.47 bits per heavy atom. The summed E-state index contributed by atoms with van der Waals surface area (Å²) in [4.78, 5) is 59.0. The molecule has 0 bridgehead atoms. The van der Waals surface area contributed by atoms with Crippen LogP contribution in [0.25, 0.3) is 11.1 Å². The summed E-state index contributed by atoms with van der Waals surface area (Å²) < 4.78 is 12.0. The molecule has 0 radical (unpaired) electrons. The van der Waals surface area contributed by atoms with E-state index < -0.39 is 29.9 Å². The van der Waals surface area contributed by atoms with E-state index in [0.717, 1.165) is 46.4 Å². The summed E-state index contributed by atoms with van der Waals surface area (Å²) in [6, 6.07) is 22.5. The average molecular weight is 687 g/mol. The van der Waals surface area contributed by atoms with Crippen LogP contribution in [0.4, 0.5) is 4.79 Å². The maximum atomic E-state index is 14.1. The number of carbonyl (C=O) groups is 4. The van der Waals surface area contributed by atoms with Crippen molar-refractivity contribution in [3.63, 3.8) is 0 Å². The first-order chi connectivity index (χ1) is 23.9. The molecule has 0 aromatic heterocycles. The van der Waals surface area contributed by atoms with Gasteiger partial charge in [0.2, 0.25) is 0 Å². The molecule has 1 heterocycles. The third-order valence-electron chi connectivity index (χ3n) is 9.04. The van der Waals surface area contributed by atoms with Gasteiger partial charge in [0.15, 0.2) is 0 Å². The lowest BCUT2D eigenvalue weighted by atomic mass is 9.98. The standard InChI is InChI=1S/C39H46N2O7S/c1-3-4-5-6-7-12-24-46-29-19-17-28(18-20-29)26-40(35(23-25-49-2)38(44)48-41-36(42)21-22-37(41)43)39(45)47-27-34-32-15-10-8-13-30(32)31-14-9-11-16-33(31)34/h8-11,13-20,34-35H,3-7,12,21-27H2,1-2H3/t35-/m0/s1. The summed E-state index contributed by atoms with van der Waals surface area (Å²) in [6.45, 7) is 2.96. The van der Waals surface area contributed by atoms with E-state index in [-0.39, 0.29) is 38.3 Å². The number of ether oxygens (including phenoxy) is 2. The minimum absolute atomic E-state index is 0.0229. The zero-order valence-corrected chi connectivity index (χ0v) is 29.3. The molecule has 3 aromatic carbocycles. The van der Waals surface area contributed by atoms with Gasteiger partial charge < -0.3 is 14.3 Å². The molecule has 0 N–H and O–H groups in total. The van der Waals surface area contributed by atoms with Crippen molar-refractivity contribution in [1.29, 1.82) is 0 Å². The van der Waals surface area contributed by atoms with E-state index in [9.17, 15) is 19.2 Å². The van der Waals surface area contributed by atoms with Gasteiger partial charge in [-0.2, -0.15) is 11.8 Å². The first-order valence-corrected chi connectivity index (χ1v) is 18.7. The van der Waals surface area contributed by atoms with Crippen molar-refractivity contribution in [1.82, 2.24) is 9.96 Å². The first-order valence-electron chi connectivity index (χ1n) is 17.3. The SMILES string of the molecule is CCCCCCCCOc1ccc(CN(C(=O)OCC2c3ccccc3-c3ccccc32)[C@@H](CCSC)C(=O)ON2C(=O)CCC2=O)cc1. The molecule has 3 amide bonds. The molecule has 1 aliphatic carbocycles. The van der Waals surface area contributed by atoms with Crippen LogP contribution in [0.5, 0.6) is 5.75 Å².